The van der Waals surface area contributed by atoms with Gasteiger partial charge in [0.05, 0.1) is 0 Å². The summed E-state index contributed by atoms with van der Waals surface area (Å²) in [5.41, 5.74) is 1.56. The van der Waals surface area contributed by atoms with Gasteiger partial charge in [0.2, 0.25) is 0 Å². The molecule has 1 fully saturated rings. The lowest BCUT2D eigenvalue weighted by Crippen LogP contribution is -2.31. The Morgan fingerprint density at radius 3 is 2.33 bits per heavy atom. The topological polar surface area (TPSA) is 20.2 Å². The standard InChI is InChI=1S/C16H20OS/c1-13(2)15-5-3-14(4-6-15)7-8-16(17)9-11-18-12-10-16/h3-6,13,17H,9-12H2,1-2H3. The summed E-state index contributed by atoms with van der Waals surface area (Å²) in [7, 11) is 0. The molecule has 0 aliphatic carbocycles. The summed E-state index contributed by atoms with van der Waals surface area (Å²) in [4.78, 5) is 0. The molecule has 1 heterocycles. The summed E-state index contributed by atoms with van der Waals surface area (Å²) < 4.78 is 0. The van der Waals surface area contributed by atoms with Gasteiger partial charge in [-0.3, -0.25) is 0 Å². The summed E-state index contributed by atoms with van der Waals surface area (Å²) in [6, 6.07) is 8.33. The average Bonchev–Trinajstić information content (AvgIpc) is 2.38. The van der Waals surface area contributed by atoms with Gasteiger partial charge >= 0.3 is 0 Å². The quantitative estimate of drug-likeness (QED) is 0.781. The van der Waals surface area contributed by atoms with Gasteiger partial charge in [-0.05, 0) is 48.0 Å². The first kappa shape index (κ1) is 13.5. The molecule has 18 heavy (non-hydrogen) atoms. The third-order valence-electron chi connectivity index (χ3n) is 3.34. The van der Waals surface area contributed by atoms with E-state index >= 15 is 0 Å². The summed E-state index contributed by atoms with van der Waals surface area (Å²) in [6.07, 6.45) is 1.57. The van der Waals surface area contributed by atoms with Crippen molar-refractivity contribution in [3.8, 4) is 11.8 Å². The molecule has 2 heteroatoms. The molecular formula is C16H20OS. The van der Waals surface area contributed by atoms with Crippen LogP contribution in [0.25, 0.3) is 0 Å². The molecule has 2 rings (SSSR count). The Morgan fingerprint density at radius 2 is 1.78 bits per heavy atom. The van der Waals surface area contributed by atoms with Crippen LogP contribution in [0.15, 0.2) is 24.3 Å². The molecule has 1 nitrogen and oxygen atoms in total. The summed E-state index contributed by atoms with van der Waals surface area (Å²) in [6.45, 7) is 4.37. The van der Waals surface area contributed by atoms with Crippen molar-refractivity contribution in [2.45, 2.75) is 38.2 Å². The van der Waals surface area contributed by atoms with Gasteiger partial charge in [-0.1, -0.05) is 37.8 Å². The Hall–Kier alpha value is -0.910. The van der Waals surface area contributed by atoms with Crippen molar-refractivity contribution in [2.24, 2.45) is 0 Å². The molecular weight excluding hydrogens is 240 g/mol. The highest BCUT2D eigenvalue weighted by atomic mass is 32.2. The number of thioether (sulfide) groups is 1. The Bertz CT molecular complexity index is 444. The van der Waals surface area contributed by atoms with Crippen LogP contribution in [0.3, 0.4) is 0 Å². The van der Waals surface area contributed by atoms with Crippen molar-refractivity contribution in [3.05, 3.63) is 35.4 Å². The van der Waals surface area contributed by atoms with Crippen molar-refractivity contribution >= 4 is 11.8 Å². The zero-order chi connectivity index (χ0) is 13.0. The van der Waals surface area contributed by atoms with Crippen LogP contribution in [0, 0.1) is 11.8 Å². The Balaban J connectivity index is 2.09. The second-order valence-electron chi connectivity index (χ2n) is 5.17. The van der Waals surface area contributed by atoms with Crippen LogP contribution in [0.2, 0.25) is 0 Å². The molecule has 1 aromatic rings. The van der Waals surface area contributed by atoms with Crippen LogP contribution < -0.4 is 0 Å². The first-order valence-electron chi connectivity index (χ1n) is 6.52. The van der Waals surface area contributed by atoms with Crippen LogP contribution in [-0.4, -0.2) is 22.2 Å². The highest BCUT2D eigenvalue weighted by Gasteiger charge is 2.26. The minimum atomic E-state index is -0.762. The molecule has 0 amide bonds. The van der Waals surface area contributed by atoms with E-state index in [0.29, 0.717) is 5.92 Å². The fourth-order valence-electron chi connectivity index (χ4n) is 1.97. The summed E-state index contributed by atoms with van der Waals surface area (Å²) in [5, 5.41) is 10.3. The zero-order valence-corrected chi connectivity index (χ0v) is 11.9. The second-order valence-corrected chi connectivity index (χ2v) is 6.40. The van der Waals surface area contributed by atoms with Crippen molar-refractivity contribution in [2.75, 3.05) is 11.5 Å². The summed E-state index contributed by atoms with van der Waals surface area (Å²) >= 11 is 1.90. The Morgan fingerprint density at radius 1 is 1.17 bits per heavy atom. The lowest BCUT2D eigenvalue weighted by atomic mass is 9.97. The third-order valence-corrected chi connectivity index (χ3v) is 4.32. The molecule has 96 valence electrons. The number of hydrogen-bond acceptors (Lipinski definition) is 2. The van der Waals surface area contributed by atoms with Gasteiger partial charge in [-0.15, -0.1) is 0 Å². The van der Waals surface area contributed by atoms with Crippen molar-refractivity contribution in [3.63, 3.8) is 0 Å². The SMILES string of the molecule is CC(C)c1ccc(C#CC2(O)CCSCC2)cc1. The maximum absolute atomic E-state index is 10.3. The maximum Gasteiger partial charge on any atom is 0.127 e. The molecule has 0 unspecified atom stereocenters. The highest BCUT2D eigenvalue weighted by molar-refractivity contribution is 7.99. The van der Waals surface area contributed by atoms with E-state index in [0.717, 1.165) is 29.9 Å². The maximum atomic E-state index is 10.3. The highest BCUT2D eigenvalue weighted by Crippen LogP contribution is 2.26. The first-order chi connectivity index (χ1) is 8.59. The predicted molar refractivity (Wildman–Crippen MR) is 78.9 cm³/mol. The molecule has 1 aromatic carbocycles. The molecule has 0 saturated carbocycles. The Kier molecular flexibility index (Phi) is 4.37. The van der Waals surface area contributed by atoms with Gasteiger partial charge in [0.1, 0.15) is 5.60 Å². The number of benzene rings is 1. The predicted octanol–water partition coefficient (Wildman–Crippen LogP) is 3.42. The molecule has 1 saturated heterocycles. The van der Waals surface area contributed by atoms with E-state index in [2.05, 4.69) is 37.8 Å². The van der Waals surface area contributed by atoms with Gasteiger partial charge in [0.15, 0.2) is 0 Å². The molecule has 1 aliphatic heterocycles. The second kappa shape index (κ2) is 5.82. The van der Waals surface area contributed by atoms with E-state index in [4.69, 9.17) is 0 Å². The van der Waals surface area contributed by atoms with Gasteiger partial charge < -0.3 is 5.11 Å². The van der Waals surface area contributed by atoms with Crippen LogP contribution >= 0.6 is 11.8 Å². The van der Waals surface area contributed by atoms with E-state index in [9.17, 15) is 5.11 Å². The molecule has 0 bridgehead atoms. The molecule has 0 spiro atoms. The number of aliphatic hydroxyl groups is 1. The molecule has 0 atom stereocenters. The van der Waals surface area contributed by atoms with E-state index in [-0.39, 0.29) is 0 Å². The van der Waals surface area contributed by atoms with Gasteiger partial charge in [-0.25, -0.2) is 0 Å². The van der Waals surface area contributed by atoms with Crippen LogP contribution in [0.4, 0.5) is 0 Å². The van der Waals surface area contributed by atoms with E-state index < -0.39 is 5.60 Å². The summed E-state index contributed by atoms with van der Waals surface area (Å²) in [5.74, 6) is 8.74. The molecule has 0 aromatic heterocycles. The van der Waals surface area contributed by atoms with Crippen LogP contribution in [0.1, 0.15) is 43.7 Å². The van der Waals surface area contributed by atoms with E-state index in [1.165, 1.54) is 5.56 Å². The Labute approximate surface area is 114 Å². The lowest BCUT2D eigenvalue weighted by Gasteiger charge is -2.26. The number of rotatable bonds is 1. The molecule has 0 radical (unpaired) electrons. The molecule has 1 aliphatic rings. The smallest absolute Gasteiger partial charge is 0.127 e. The monoisotopic (exact) mass is 260 g/mol. The zero-order valence-electron chi connectivity index (χ0n) is 11.1. The largest absolute Gasteiger partial charge is 0.378 e. The normalized spacial score (nSPS) is 18.2. The molecule has 1 N–H and O–H groups in total. The lowest BCUT2D eigenvalue weighted by molar-refractivity contribution is 0.0927. The van der Waals surface area contributed by atoms with Crippen molar-refractivity contribution in [1.82, 2.24) is 0 Å². The third kappa shape index (κ3) is 3.54. The van der Waals surface area contributed by atoms with Gasteiger partial charge in [-0.2, -0.15) is 11.8 Å². The fourth-order valence-corrected chi connectivity index (χ4v) is 3.14. The fraction of sp³-hybridized carbons (Fsp3) is 0.500. The minimum Gasteiger partial charge on any atom is -0.378 e. The number of hydrogen-bond donors (Lipinski definition) is 1. The van der Waals surface area contributed by atoms with Crippen molar-refractivity contribution < 1.29 is 5.11 Å². The van der Waals surface area contributed by atoms with Gasteiger partial charge in [0, 0.05) is 5.56 Å². The van der Waals surface area contributed by atoms with Crippen LogP contribution in [-0.2, 0) is 0 Å². The average molecular weight is 260 g/mol. The van der Waals surface area contributed by atoms with E-state index in [1.54, 1.807) is 0 Å². The van der Waals surface area contributed by atoms with Crippen molar-refractivity contribution in [1.29, 1.82) is 0 Å². The van der Waals surface area contributed by atoms with Crippen LogP contribution in [0.5, 0.6) is 0 Å². The van der Waals surface area contributed by atoms with E-state index in [1.807, 2.05) is 23.9 Å². The first-order valence-corrected chi connectivity index (χ1v) is 7.68. The van der Waals surface area contributed by atoms with Gasteiger partial charge in [0.25, 0.3) is 0 Å². The minimum absolute atomic E-state index is 0.548.